The third-order valence-corrected chi connectivity index (χ3v) is 4.57. The molecule has 1 amide bonds. The number of carbonyl (C=O) groups excluding carboxylic acids is 1. The van der Waals surface area contributed by atoms with Gasteiger partial charge in [0.2, 0.25) is 5.91 Å². The molecule has 0 fully saturated rings. The van der Waals surface area contributed by atoms with Crippen LogP contribution in [0.4, 0.5) is 0 Å². The fourth-order valence-corrected chi connectivity index (χ4v) is 3.32. The van der Waals surface area contributed by atoms with E-state index in [4.69, 9.17) is 0 Å². The van der Waals surface area contributed by atoms with Crippen LogP contribution >= 0.6 is 0 Å². The summed E-state index contributed by atoms with van der Waals surface area (Å²) in [5.41, 5.74) is 2.26. The molecule has 1 aliphatic carbocycles. The van der Waals surface area contributed by atoms with E-state index in [1.807, 2.05) is 24.1 Å². The van der Waals surface area contributed by atoms with Crippen LogP contribution in [-0.4, -0.2) is 30.1 Å². The average molecular weight is 282 g/mol. The molecule has 0 aromatic heterocycles. The van der Waals surface area contributed by atoms with Gasteiger partial charge < -0.3 is 4.90 Å². The summed E-state index contributed by atoms with van der Waals surface area (Å²) in [4.78, 5) is 13.9. The van der Waals surface area contributed by atoms with Gasteiger partial charge >= 0.3 is 0 Å². The minimum absolute atomic E-state index is 0.0845. The van der Waals surface area contributed by atoms with Gasteiger partial charge in [-0.25, -0.2) is 0 Å². The first kappa shape index (κ1) is 14.1. The van der Waals surface area contributed by atoms with Gasteiger partial charge in [-0.15, -0.1) is 0 Å². The Hall–Kier alpha value is -1.87. The summed E-state index contributed by atoms with van der Waals surface area (Å²) in [6.07, 6.45) is 10.1. The number of hydrogen-bond donors (Lipinski definition) is 1. The Morgan fingerprint density at radius 3 is 2.86 bits per heavy atom. The lowest BCUT2D eigenvalue weighted by Crippen LogP contribution is -2.62. The predicted octanol–water partition coefficient (Wildman–Crippen LogP) is 2.65. The maximum Gasteiger partial charge on any atom is 0.248 e. The van der Waals surface area contributed by atoms with Crippen molar-refractivity contribution in [2.24, 2.45) is 0 Å². The first-order valence-electron chi connectivity index (χ1n) is 7.68. The first-order chi connectivity index (χ1) is 10.2. The van der Waals surface area contributed by atoms with Gasteiger partial charge in [0, 0.05) is 19.7 Å². The molecule has 21 heavy (non-hydrogen) atoms. The monoisotopic (exact) mass is 282 g/mol. The second-order valence-corrected chi connectivity index (χ2v) is 5.80. The molecule has 0 bridgehead atoms. The third-order valence-electron chi connectivity index (χ3n) is 4.57. The van der Waals surface area contributed by atoms with Crippen molar-refractivity contribution in [3.63, 3.8) is 0 Å². The van der Waals surface area contributed by atoms with Crippen molar-refractivity contribution >= 4 is 5.91 Å². The zero-order chi connectivity index (χ0) is 14.7. The Kier molecular flexibility index (Phi) is 3.93. The normalized spacial score (nSPS) is 24.7. The van der Waals surface area contributed by atoms with Crippen molar-refractivity contribution in [2.45, 2.75) is 31.3 Å². The molecule has 3 nitrogen and oxygen atoms in total. The van der Waals surface area contributed by atoms with Crippen LogP contribution in [0, 0.1) is 0 Å². The molecule has 2 aliphatic rings. The molecule has 1 heterocycles. The Labute approximate surface area is 126 Å². The number of carbonyl (C=O) groups is 1. The van der Waals surface area contributed by atoms with Crippen LogP contribution in [0.5, 0.6) is 0 Å². The van der Waals surface area contributed by atoms with Gasteiger partial charge in [-0.05, 0) is 36.8 Å². The van der Waals surface area contributed by atoms with Gasteiger partial charge in [0.15, 0.2) is 0 Å². The molecule has 3 rings (SSSR count). The van der Waals surface area contributed by atoms with Crippen LogP contribution in [0.2, 0.25) is 0 Å². The quantitative estimate of drug-likeness (QED) is 0.921. The predicted molar refractivity (Wildman–Crippen MR) is 84.7 cm³/mol. The molecule has 0 spiro atoms. The lowest BCUT2D eigenvalue weighted by atomic mass is 9.83. The third kappa shape index (κ3) is 2.66. The summed E-state index contributed by atoms with van der Waals surface area (Å²) in [6, 6.07) is 10.5. The highest BCUT2D eigenvalue weighted by Crippen LogP contribution is 2.35. The van der Waals surface area contributed by atoms with Crippen LogP contribution in [0.15, 0.2) is 54.1 Å². The van der Waals surface area contributed by atoms with Crippen molar-refractivity contribution in [3.8, 4) is 0 Å². The highest BCUT2D eigenvalue weighted by molar-refractivity contribution is 5.90. The molecule has 1 unspecified atom stereocenters. The van der Waals surface area contributed by atoms with Crippen molar-refractivity contribution in [1.82, 2.24) is 10.2 Å². The average Bonchev–Trinajstić information content (AvgIpc) is 2.53. The van der Waals surface area contributed by atoms with Gasteiger partial charge in [-0.3, -0.25) is 10.1 Å². The second kappa shape index (κ2) is 5.86. The number of rotatable bonds is 4. The topological polar surface area (TPSA) is 32.3 Å². The number of fused-ring (bicyclic) bond motifs is 1. The summed E-state index contributed by atoms with van der Waals surface area (Å²) >= 11 is 0. The second-order valence-electron chi connectivity index (χ2n) is 5.80. The minimum atomic E-state index is -0.307. The lowest BCUT2D eigenvalue weighted by molar-refractivity contribution is -0.131. The Bertz CT molecular complexity index is 576. The summed E-state index contributed by atoms with van der Waals surface area (Å²) in [6.45, 7) is 0.868. The first-order valence-corrected chi connectivity index (χ1v) is 7.68. The van der Waals surface area contributed by atoms with E-state index in [-0.39, 0.29) is 11.6 Å². The summed E-state index contributed by atoms with van der Waals surface area (Å²) in [5, 5.41) is 3.65. The Morgan fingerprint density at radius 1 is 1.24 bits per heavy atom. The molecule has 1 atom stereocenters. The zero-order valence-corrected chi connectivity index (χ0v) is 12.5. The number of benzene rings is 1. The maximum atomic E-state index is 12.1. The van der Waals surface area contributed by atoms with E-state index in [2.05, 4.69) is 35.7 Å². The molecule has 0 saturated heterocycles. The van der Waals surface area contributed by atoms with Crippen LogP contribution in [0.25, 0.3) is 0 Å². The molecule has 1 aromatic carbocycles. The molecule has 0 radical (unpaired) electrons. The van der Waals surface area contributed by atoms with E-state index in [9.17, 15) is 4.79 Å². The van der Waals surface area contributed by atoms with Gasteiger partial charge in [-0.2, -0.15) is 0 Å². The molecule has 1 N–H and O–H groups in total. The number of allylic oxidation sites excluding steroid dienone is 1. The van der Waals surface area contributed by atoms with E-state index in [0.717, 1.165) is 32.2 Å². The molecule has 1 aliphatic heterocycles. The smallest absolute Gasteiger partial charge is 0.248 e. The maximum absolute atomic E-state index is 12.1. The zero-order valence-electron chi connectivity index (χ0n) is 12.5. The SMILES string of the molecule is CN1C(=O)C=CC2=CCCCC21NCCc1ccccc1. The molecule has 1 aromatic rings. The molecule has 110 valence electrons. The van der Waals surface area contributed by atoms with E-state index < -0.39 is 0 Å². The van der Waals surface area contributed by atoms with E-state index in [0.29, 0.717) is 0 Å². The van der Waals surface area contributed by atoms with E-state index >= 15 is 0 Å². The Morgan fingerprint density at radius 2 is 2.05 bits per heavy atom. The van der Waals surface area contributed by atoms with Crippen LogP contribution < -0.4 is 5.32 Å². The number of likely N-dealkylation sites (N-methyl/N-ethyl adjacent to an activating group) is 1. The van der Waals surface area contributed by atoms with Crippen LogP contribution in [0.1, 0.15) is 24.8 Å². The highest BCUT2D eigenvalue weighted by Gasteiger charge is 2.42. The van der Waals surface area contributed by atoms with Crippen LogP contribution in [0.3, 0.4) is 0 Å². The number of nitrogens with one attached hydrogen (secondary N) is 1. The van der Waals surface area contributed by atoms with E-state index in [1.54, 1.807) is 6.08 Å². The van der Waals surface area contributed by atoms with Crippen molar-refractivity contribution in [2.75, 3.05) is 13.6 Å². The molecular weight excluding hydrogens is 260 g/mol. The van der Waals surface area contributed by atoms with Crippen LogP contribution in [-0.2, 0) is 11.2 Å². The summed E-state index contributed by atoms with van der Waals surface area (Å²) in [7, 11) is 1.90. The standard InChI is InChI=1S/C18H22N2O/c1-20-17(21)11-10-16-9-5-6-13-18(16,20)19-14-12-15-7-3-2-4-8-15/h2-4,7-11,19H,5-6,12-14H2,1H3. The molecule has 0 saturated carbocycles. The van der Waals surface area contributed by atoms with Crippen molar-refractivity contribution < 1.29 is 4.79 Å². The lowest BCUT2D eigenvalue weighted by Gasteiger charge is -2.47. The highest BCUT2D eigenvalue weighted by atomic mass is 16.2. The fourth-order valence-electron chi connectivity index (χ4n) is 3.32. The fraction of sp³-hybridized carbons (Fsp3) is 0.389. The van der Waals surface area contributed by atoms with Gasteiger partial charge in [0.05, 0.1) is 0 Å². The number of hydrogen-bond acceptors (Lipinski definition) is 2. The minimum Gasteiger partial charge on any atom is -0.320 e. The molecule has 3 heteroatoms. The van der Waals surface area contributed by atoms with Crippen molar-refractivity contribution in [3.05, 3.63) is 59.7 Å². The summed E-state index contributed by atoms with van der Waals surface area (Å²) in [5.74, 6) is 0.0845. The Balaban J connectivity index is 1.74. The van der Waals surface area contributed by atoms with Gasteiger partial charge in [-0.1, -0.05) is 42.5 Å². The molecular formula is C18H22N2O. The van der Waals surface area contributed by atoms with E-state index in [1.165, 1.54) is 11.1 Å². The summed E-state index contributed by atoms with van der Waals surface area (Å²) < 4.78 is 0. The van der Waals surface area contributed by atoms with Gasteiger partial charge in [0.25, 0.3) is 0 Å². The van der Waals surface area contributed by atoms with Gasteiger partial charge in [0.1, 0.15) is 5.66 Å². The number of nitrogens with zero attached hydrogens (tertiary/aromatic N) is 1. The largest absolute Gasteiger partial charge is 0.320 e. The van der Waals surface area contributed by atoms with Crippen molar-refractivity contribution in [1.29, 1.82) is 0 Å². The number of amides is 1.